The van der Waals surface area contributed by atoms with Crippen molar-refractivity contribution in [3.63, 3.8) is 0 Å². The first kappa shape index (κ1) is 14.2. The molecule has 8 heteroatoms. The van der Waals surface area contributed by atoms with Gasteiger partial charge in [0.2, 0.25) is 5.82 Å². The van der Waals surface area contributed by atoms with Gasteiger partial charge in [-0.05, 0) is 19.8 Å². The van der Waals surface area contributed by atoms with Crippen LogP contribution in [0.25, 0.3) is 0 Å². The summed E-state index contributed by atoms with van der Waals surface area (Å²) in [5.41, 5.74) is -1.32. The van der Waals surface area contributed by atoms with E-state index < -0.39 is 16.5 Å². The third kappa shape index (κ3) is 2.85. The van der Waals surface area contributed by atoms with E-state index in [-0.39, 0.29) is 17.1 Å². The SMILES string of the molecule is CC1(O)CCN(c2ncc(C(=O)O)cc2[N+](=O)[O-])CC1. The van der Waals surface area contributed by atoms with E-state index in [1.54, 1.807) is 11.8 Å². The molecule has 1 fully saturated rings. The number of carboxylic acids is 1. The maximum atomic E-state index is 11.1. The minimum absolute atomic E-state index is 0.149. The molecule has 2 N–H and O–H groups in total. The van der Waals surface area contributed by atoms with Crippen molar-refractivity contribution in [2.45, 2.75) is 25.4 Å². The number of aliphatic hydroxyl groups is 1. The second kappa shape index (κ2) is 5.04. The number of hydrogen-bond acceptors (Lipinski definition) is 6. The summed E-state index contributed by atoms with van der Waals surface area (Å²) in [5.74, 6) is -1.11. The Kier molecular flexibility index (Phi) is 3.58. The molecule has 0 atom stereocenters. The third-order valence-electron chi connectivity index (χ3n) is 3.43. The molecule has 1 aliphatic heterocycles. The number of pyridine rings is 1. The minimum Gasteiger partial charge on any atom is -0.478 e. The third-order valence-corrected chi connectivity index (χ3v) is 3.43. The molecule has 1 aromatic heterocycles. The summed E-state index contributed by atoms with van der Waals surface area (Å²) in [5, 5.41) is 29.8. The van der Waals surface area contributed by atoms with Crippen LogP contribution in [0, 0.1) is 10.1 Å². The first-order valence-corrected chi connectivity index (χ1v) is 6.15. The predicted molar refractivity (Wildman–Crippen MR) is 69.9 cm³/mol. The van der Waals surface area contributed by atoms with Gasteiger partial charge in [-0.1, -0.05) is 0 Å². The molecule has 0 radical (unpaired) electrons. The van der Waals surface area contributed by atoms with E-state index in [0.29, 0.717) is 25.9 Å². The smallest absolute Gasteiger partial charge is 0.337 e. The molecule has 0 aromatic carbocycles. The molecule has 0 aliphatic carbocycles. The van der Waals surface area contributed by atoms with Crippen LogP contribution in [0.2, 0.25) is 0 Å². The van der Waals surface area contributed by atoms with Gasteiger partial charge in [0.05, 0.1) is 16.1 Å². The zero-order valence-electron chi connectivity index (χ0n) is 10.9. The molecular weight excluding hydrogens is 266 g/mol. The fourth-order valence-electron chi connectivity index (χ4n) is 2.14. The molecule has 1 saturated heterocycles. The first-order chi connectivity index (χ1) is 9.30. The Hall–Kier alpha value is -2.22. The van der Waals surface area contributed by atoms with Crippen molar-refractivity contribution in [3.8, 4) is 0 Å². The van der Waals surface area contributed by atoms with Gasteiger partial charge in [-0.3, -0.25) is 10.1 Å². The van der Waals surface area contributed by atoms with E-state index in [4.69, 9.17) is 5.11 Å². The van der Waals surface area contributed by atoms with Crippen LogP contribution in [0.1, 0.15) is 30.1 Å². The van der Waals surface area contributed by atoms with Gasteiger partial charge < -0.3 is 15.1 Å². The van der Waals surface area contributed by atoms with Crippen LogP contribution < -0.4 is 4.90 Å². The molecule has 1 aliphatic rings. The molecule has 0 amide bonds. The van der Waals surface area contributed by atoms with Crippen molar-refractivity contribution >= 4 is 17.5 Å². The van der Waals surface area contributed by atoms with Crippen molar-refractivity contribution in [1.29, 1.82) is 0 Å². The van der Waals surface area contributed by atoms with Crippen molar-refractivity contribution in [3.05, 3.63) is 27.9 Å². The topological polar surface area (TPSA) is 117 Å². The lowest BCUT2D eigenvalue weighted by Gasteiger charge is -2.36. The van der Waals surface area contributed by atoms with Crippen molar-refractivity contribution < 1.29 is 19.9 Å². The Morgan fingerprint density at radius 1 is 1.50 bits per heavy atom. The van der Waals surface area contributed by atoms with Crippen molar-refractivity contribution in [2.75, 3.05) is 18.0 Å². The second-order valence-electron chi connectivity index (χ2n) is 5.11. The lowest BCUT2D eigenvalue weighted by molar-refractivity contribution is -0.384. The minimum atomic E-state index is -1.26. The maximum absolute atomic E-state index is 11.1. The highest BCUT2D eigenvalue weighted by atomic mass is 16.6. The summed E-state index contributed by atoms with van der Waals surface area (Å²) in [4.78, 5) is 26.9. The number of nitrogens with zero attached hydrogens (tertiary/aromatic N) is 3. The molecule has 2 heterocycles. The van der Waals surface area contributed by atoms with Gasteiger partial charge in [0.1, 0.15) is 0 Å². The maximum Gasteiger partial charge on any atom is 0.337 e. The number of carbonyl (C=O) groups is 1. The Balaban J connectivity index is 2.32. The molecule has 0 bridgehead atoms. The van der Waals surface area contributed by atoms with Crippen LogP contribution in [0.3, 0.4) is 0 Å². The van der Waals surface area contributed by atoms with Crippen LogP contribution in [0.5, 0.6) is 0 Å². The molecule has 20 heavy (non-hydrogen) atoms. The van der Waals surface area contributed by atoms with Crippen molar-refractivity contribution in [2.24, 2.45) is 0 Å². The van der Waals surface area contributed by atoms with Gasteiger partial charge in [-0.15, -0.1) is 0 Å². The average Bonchev–Trinajstić information content (AvgIpc) is 2.38. The Morgan fingerprint density at radius 3 is 2.60 bits per heavy atom. The molecular formula is C12H15N3O5. The number of carboxylic acid groups (broad SMARTS) is 1. The summed E-state index contributed by atoms with van der Waals surface area (Å²) in [6.07, 6.45) is 2.07. The average molecular weight is 281 g/mol. The highest BCUT2D eigenvalue weighted by Crippen LogP contribution is 2.31. The Labute approximate surface area is 114 Å². The zero-order valence-corrected chi connectivity index (χ0v) is 10.9. The molecule has 0 unspecified atom stereocenters. The van der Waals surface area contributed by atoms with Gasteiger partial charge in [-0.25, -0.2) is 9.78 Å². The fraction of sp³-hybridized carbons (Fsp3) is 0.500. The number of rotatable bonds is 3. The number of nitro groups is 1. The van der Waals surface area contributed by atoms with E-state index in [9.17, 15) is 20.0 Å². The van der Waals surface area contributed by atoms with E-state index in [1.807, 2.05) is 0 Å². The molecule has 8 nitrogen and oxygen atoms in total. The summed E-state index contributed by atoms with van der Waals surface area (Å²) >= 11 is 0. The lowest BCUT2D eigenvalue weighted by Crippen LogP contribution is -2.43. The highest BCUT2D eigenvalue weighted by Gasteiger charge is 2.31. The summed E-state index contributed by atoms with van der Waals surface area (Å²) < 4.78 is 0. The number of hydrogen-bond donors (Lipinski definition) is 2. The molecule has 0 saturated carbocycles. The van der Waals surface area contributed by atoms with E-state index >= 15 is 0 Å². The van der Waals surface area contributed by atoms with Crippen molar-refractivity contribution in [1.82, 2.24) is 4.98 Å². The van der Waals surface area contributed by atoms with E-state index in [0.717, 1.165) is 12.3 Å². The van der Waals surface area contributed by atoms with Crippen LogP contribution >= 0.6 is 0 Å². The standard InChI is InChI=1S/C12H15N3O5/c1-12(18)2-4-14(5-3-12)10-9(15(19)20)6-8(7-13-10)11(16)17/h6-7,18H,2-5H2,1H3,(H,16,17). The highest BCUT2D eigenvalue weighted by molar-refractivity contribution is 5.88. The van der Waals surface area contributed by atoms with Crippen LogP contribution in [0.4, 0.5) is 11.5 Å². The van der Waals surface area contributed by atoms with Gasteiger partial charge in [0.15, 0.2) is 0 Å². The first-order valence-electron chi connectivity index (χ1n) is 6.15. The predicted octanol–water partition coefficient (Wildman–Crippen LogP) is 1.04. The Morgan fingerprint density at radius 2 is 2.10 bits per heavy atom. The summed E-state index contributed by atoms with van der Waals surface area (Å²) in [6.45, 7) is 2.60. The lowest BCUT2D eigenvalue weighted by atomic mass is 9.94. The van der Waals surface area contributed by atoms with Crippen LogP contribution in [-0.4, -0.2) is 44.8 Å². The quantitative estimate of drug-likeness (QED) is 0.627. The normalized spacial score (nSPS) is 17.8. The van der Waals surface area contributed by atoms with Crippen LogP contribution in [0.15, 0.2) is 12.3 Å². The van der Waals surface area contributed by atoms with Gasteiger partial charge in [-0.2, -0.15) is 0 Å². The van der Waals surface area contributed by atoms with Gasteiger partial charge in [0.25, 0.3) is 0 Å². The number of aromatic carboxylic acids is 1. The van der Waals surface area contributed by atoms with E-state index in [2.05, 4.69) is 4.98 Å². The van der Waals surface area contributed by atoms with Crippen LogP contribution in [-0.2, 0) is 0 Å². The Bertz CT molecular complexity index is 548. The second-order valence-corrected chi connectivity index (χ2v) is 5.11. The number of piperidine rings is 1. The zero-order chi connectivity index (χ0) is 14.9. The number of anilines is 1. The van der Waals surface area contributed by atoms with E-state index in [1.165, 1.54) is 0 Å². The summed E-state index contributed by atoms with van der Waals surface area (Å²) in [7, 11) is 0. The summed E-state index contributed by atoms with van der Waals surface area (Å²) in [6, 6.07) is 1.01. The molecule has 0 spiro atoms. The van der Waals surface area contributed by atoms with Gasteiger partial charge >= 0.3 is 11.7 Å². The van der Waals surface area contributed by atoms with Gasteiger partial charge in [0, 0.05) is 25.4 Å². The molecule has 108 valence electrons. The monoisotopic (exact) mass is 281 g/mol. The molecule has 2 rings (SSSR count). The number of aromatic nitrogens is 1. The fourth-order valence-corrected chi connectivity index (χ4v) is 2.14. The largest absolute Gasteiger partial charge is 0.478 e. The molecule has 1 aromatic rings.